The Morgan fingerprint density at radius 2 is 1.42 bits per heavy atom. The molecule has 0 spiro atoms. The number of nitrogens with zero attached hydrogens (tertiary/aromatic N) is 5. The van der Waals surface area contributed by atoms with E-state index in [2.05, 4.69) is 33.9 Å². The van der Waals surface area contributed by atoms with E-state index in [-0.39, 0.29) is 17.7 Å². The maximum atomic E-state index is 11.7. The highest BCUT2D eigenvalue weighted by atomic mass is 16.5. The second-order valence-electron chi connectivity index (χ2n) is 13.7. The number of imide groups is 1. The second-order valence-corrected chi connectivity index (χ2v) is 13.7. The molecular formula is C43H68N6O6. The Morgan fingerprint density at radius 1 is 0.782 bits per heavy atom. The lowest BCUT2D eigenvalue weighted by molar-refractivity contribution is -0.134. The zero-order chi connectivity index (χ0) is 40.6. The van der Waals surface area contributed by atoms with Crippen LogP contribution in [0.2, 0.25) is 0 Å². The zero-order valence-corrected chi connectivity index (χ0v) is 34.6. The summed E-state index contributed by atoms with van der Waals surface area (Å²) in [6.45, 7) is 20.6. The predicted octanol–water partition coefficient (Wildman–Crippen LogP) is 6.54. The molecule has 12 nitrogen and oxygen atoms in total. The molecule has 1 aromatic heterocycles. The van der Waals surface area contributed by atoms with E-state index in [9.17, 15) is 24.0 Å². The standard InChI is InChI=1S/C14H18N4O2.C13H15NO3.C9H15NO.C3H8.2C2H6/c19-10-16-3-5-18(6-4-16)14-1-2-15-7-13(14)12-8-17(9-12)11-20;1-2-17-10-5-3-9(4-6-10)11-7-8-12(15)14-13(11)16;11-9-6-2-1-4-8-5-3-7-10(8)9;1-3-2;2*1-2/h1-2,7,10-12H,3-6,8-9H2;3-6,11H,2,7-8H2,1H3,(H,14,15,16);8H,1-7H2;3H2,1-2H3;2*1-2H3. The molecule has 5 fully saturated rings. The number of hydrogen-bond donors (Lipinski definition) is 1. The SMILES string of the molecule is CC.CC.CCC.CCOc1ccc(C2CCC(=O)NC2=O)cc1.O=C1CCCCC2CCCN12.O=CN1CCN(c2ccncc2C2CN(C=O)C2)CC1. The van der Waals surface area contributed by atoms with Crippen LogP contribution in [0, 0.1) is 0 Å². The summed E-state index contributed by atoms with van der Waals surface area (Å²) in [5, 5.41) is 2.36. The van der Waals surface area contributed by atoms with Crippen molar-refractivity contribution in [2.24, 2.45) is 0 Å². The fourth-order valence-electron chi connectivity index (χ4n) is 7.10. The summed E-state index contributed by atoms with van der Waals surface area (Å²) in [4.78, 5) is 67.8. The Morgan fingerprint density at radius 3 is 2.02 bits per heavy atom. The normalized spacial score (nSPS) is 20.2. The Kier molecular flexibility index (Phi) is 22.4. The van der Waals surface area contributed by atoms with Crippen LogP contribution in [0.3, 0.4) is 0 Å². The molecule has 306 valence electrons. The Bertz CT molecular complexity index is 1420. The molecule has 5 aliphatic heterocycles. The van der Waals surface area contributed by atoms with E-state index in [4.69, 9.17) is 4.74 Å². The van der Waals surface area contributed by atoms with Gasteiger partial charge in [-0.3, -0.25) is 34.3 Å². The Hall–Kier alpha value is -4.48. The van der Waals surface area contributed by atoms with Gasteiger partial charge in [-0.25, -0.2) is 0 Å². The van der Waals surface area contributed by atoms with E-state index in [1.165, 1.54) is 43.4 Å². The van der Waals surface area contributed by atoms with Gasteiger partial charge in [-0.05, 0) is 62.8 Å². The van der Waals surface area contributed by atoms with Crippen molar-refractivity contribution in [2.45, 2.75) is 124 Å². The molecule has 2 atom stereocenters. The van der Waals surface area contributed by atoms with Crippen LogP contribution in [0.4, 0.5) is 5.69 Å². The molecule has 0 bridgehead atoms. The average Bonchev–Trinajstić information content (AvgIpc) is 3.61. The van der Waals surface area contributed by atoms with Crippen molar-refractivity contribution in [2.75, 3.05) is 57.3 Å². The number of hydrogen-bond acceptors (Lipinski definition) is 8. The number of piperidine rings is 1. The molecule has 7 rings (SSSR count). The maximum absolute atomic E-state index is 11.7. The smallest absolute Gasteiger partial charge is 0.234 e. The quantitative estimate of drug-likeness (QED) is 0.249. The van der Waals surface area contributed by atoms with Gasteiger partial charge in [0.05, 0.1) is 12.5 Å². The van der Waals surface area contributed by atoms with Crippen molar-refractivity contribution in [1.82, 2.24) is 25.0 Å². The van der Waals surface area contributed by atoms with Crippen LogP contribution in [0.5, 0.6) is 5.75 Å². The number of nitrogens with one attached hydrogen (secondary N) is 1. The number of amides is 5. The monoisotopic (exact) mass is 765 g/mol. The third kappa shape index (κ3) is 14.6. The first kappa shape index (κ1) is 46.7. The van der Waals surface area contributed by atoms with E-state index in [0.29, 0.717) is 37.3 Å². The van der Waals surface area contributed by atoms with Crippen LogP contribution in [0.25, 0.3) is 0 Å². The molecule has 5 aliphatic rings. The summed E-state index contributed by atoms with van der Waals surface area (Å²) < 4.78 is 5.34. The maximum Gasteiger partial charge on any atom is 0.234 e. The average molecular weight is 765 g/mol. The first-order chi connectivity index (χ1) is 26.8. The minimum absolute atomic E-state index is 0.183. The van der Waals surface area contributed by atoms with Crippen LogP contribution in [-0.4, -0.2) is 109 Å². The molecule has 2 aromatic rings. The highest BCUT2D eigenvalue weighted by molar-refractivity contribution is 6.00. The van der Waals surface area contributed by atoms with Crippen molar-refractivity contribution >= 4 is 36.2 Å². The van der Waals surface area contributed by atoms with Gasteiger partial charge in [0.1, 0.15) is 5.75 Å². The molecule has 12 heteroatoms. The predicted molar refractivity (Wildman–Crippen MR) is 219 cm³/mol. The van der Waals surface area contributed by atoms with E-state index < -0.39 is 0 Å². The zero-order valence-electron chi connectivity index (χ0n) is 34.6. The molecule has 6 heterocycles. The van der Waals surface area contributed by atoms with E-state index >= 15 is 0 Å². The molecule has 2 unspecified atom stereocenters. The number of benzene rings is 1. The highest BCUT2D eigenvalue weighted by Crippen LogP contribution is 2.33. The summed E-state index contributed by atoms with van der Waals surface area (Å²) in [6.07, 6.45) is 14.7. The largest absolute Gasteiger partial charge is 0.494 e. The first-order valence-corrected chi connectivity index (χ1v) is 20.7. The van der Waals surface area contributed by atoms with Crippen molar-refractivity contribution in [1.29, 1.82) is 0 Å². The second kappa shape index (κ2) is 26.3. The lowest BCUT2D eigenvalue weighted by Crippen LogP contribution is -2.47. The van der Waals surface area contributed by atoms with Crippen LogP contribution < -0.4 is 15.0 Å². The summed E-state index contributed by atoms with van der Waals surface area (Å²) >= 11 is 0. The van der Waals surface area contributed by atoms with Crippen LogP contribution in [0.15, 0.2) is 42.7 Å². The van der Waals surface area contributed by atoms with Crippen molar-refractivity contribution < 1.29 is 28.7 Å². The molecule has 0 radical (unpaired) electrons. The minimum Gasteiger partial charge on any atom is -0.494 e. The first-order valence-electron chi connectivity index (χ1n) is 20.7. The number of carbonyl (C=O) groups is 5. The number of rotatable bonds is 7. The summed E-state index contributed by atoms with van der Waals surface area (Å²) in [5.74, 6) is 0.979. The third-order valence-electron chi connectivity index (χ3n) is 9.84. The number of aromatic nitrogens is 1. The number of likely N-dealkylation sites (tertiary alicyclic amines) is 1. The van der Waals surface area contributed by atoms with E-state index in [0.717, 1.165) is 82.8 Å². The van der Waals surface area contributed by atoms with Crippen molar-refractivity contribution in [3.05, 3.63) is 53.9 Å². The van der Waals surface area contributed by atoms with Gasteiger partial charge in [0.25, 0.3) is 0 Å². The van der Waals surface area contributed by atoms with Gasteiger partial charge < -0.3 is 24.3 Å². The lowest BCUT2D eigenvalue weighted by atomic mass is 9.90. The van der Waals surface area contributed by atoms with Gasteiger partial charge in [-0.1, -0.05) is 66.5 Å². The molecule has 5 amide bonds. The van der Waals surface area contributed by atoms with Gasteiger partial charge in [0.15, 0.2) is 0 Å². The van der Waals surface area contributed by atoms with E-state index in [1.807, 2.05) is 71.1 Å². The Balaban J connectivity index is 0.000000271. The number of anilines is 1. The van der Waals surface area contributed by atoms with Gasteiger partial charge in [-0.2, -0.15) is 0 Å². The third-order valence-corrected chi connectivity index (χ3v) is 9.84. The molecular weight excluding hydrogens is 697 g/mol. The van der Waals surface area contributed by atoms with Crippen molar-refractivity contribution in [3.63, 3.8) is 0 Å². The number of fused-ring (bicyclic) bond motifs is 1. The number of ether oxygens (including phenoxy) is 1. The minimum atomic E-state index is -0.219. The van der Waals surface area contributed by atoms with Crippen LogP contribution >= 0.6 is 0 Å². The molecule has 0 aliphatic carbocycles. The van der Waals surface area contributed by atoms with Gasteiger partial charge in [-0.15, -0.1) is 0 Å². The number of pyridine rings is 1. The van der Waals surface area contributed by atoms with Crippen LogP contribution in [0.1, 0.15) is 129 Å². The van der Waals surface area contributed by atoms with Crippen molar-refractivity contribution in [3.8, 4) is 5.75 Å². The summed E-state index contributed by atoms with van der Waals surface area (Å²) in [7, 11) is 0. The molecule has 1 N–H and O–H groups in total. The molecule has 0 saturated carbocycles. The fraction of sp³-hybridized carbons (Fsp3) is 0.628. The lowest BCUT2D eigenvalue weighted by Gasteiger charge is -2.40. The van der Waals surface area contributed by atoms with Gasteiger partial charge >= 0.3 is 0 Å². The van der Waals surface area contributed by atoms with E-state index in [1.54, 1.807) is 16.0 Å². The number of piperazine rings is 1. The Labute approximate surface area is 330 Å². The molecule has 55 heavy (non-hydrogen) atoms. The van der Waals surface area contributed by atoms with Crippen LogP contribution in [-0.2, 0) is 24.0 Å². The summed E-state index contributed by atoms with van der Waals surface area (Å²) in [6, 6.07) is 10.1. The summed E-state index contributed by atoms with van der Waals surface area (Å²) in [5.41, 5.74) is 3.34. The topological polar surface area (TPSA) is 132 Å². The van der Waals surface area contributed by atoms with Gasteiger partial charge in [0.2, 0.25) is 30.5 Å². The molecule has 5 saturated heterocycles. The fourth-order valence-corrected chi connectivity index (χ4v) is 7.10. The molecule has 1 aromatic carbocycles. The highest BCUT2D eigenvalue weighted by Gasteiger charge is 2.31. The van der Waals surface area contributed by atoms with Gasteiger partial charge in [0, 0.05) is 94.3 Å². The number of carbonyl (C=O) groups excluding carboxylic acids is 5.